The number of non-ortho nitro benzene ring substituents is 1. The molecule has 1 saturated heterocycles. The number of carbonyl (C=O) groups is 3. The molecular weight excluding hydrogens is 468 g/mol. The highest BCUT2D eigenvalue weighted by Crippen LogP contribution is 2.42. The topological polar surface area (TPSA) is 147 Å². The molecule has 1 aliphatic rings. The van der Waals surface area contributed by atoms with Gasteiger partial charge in [0.1, 0.15) is 11.5 Å². The van der Waals surface area contributed by atoms with E-state index in [9.17, 15) is 34.7 Å². The molecule has 0 aliphatic carbocycles. The standard InChI is InChI=1S/C26H20N2O8/c1-36-21(30)13-15-5-9-18(10-6-15)27-23(16-7-11-20(29)12-8-16)22(25(32)26(27)33)24(31)17-3-2-4-19(14-17)28(34)35/h2-12,14,23,29,31H,13H2,1H3/b24-22-. The maximum atomic E-state index is 13.2. The molecule has 2 N–H and O–H groups in total. The van der Waals surface area contributed by atoms with Crippen molar-refractivity contribution >= 4 is 34.8 Å². The summed E-state index contributed by atoms with van der Waals surface area (Å²) in [6.07, 6.45) is 0.0176. The maximum absolute atomic E-state index is 13.2. The van der Waals surface area contributed by atoms with Crippen molar-refractivity contribution in [3.8, 4) is 5.75 Å². The van der Waals surface area contributed by atoms with E-state index in [0.717, 1.165) is 6.07 Å². The van der Waals surface area contributed by atoms with Crippen LogP contribution in [0.25, 0.3) is 5.76 Å². The lowest BCUT2D eigenvalue weighted by Crippen LogP contribution is -2.29. The van der Waals surface area contributed by atoms with E-state index in [1.807, 2.05) is 0 Å². The average molecular weight is 488 g/mol. The number of phenolic OH excluding ortho intramolecular Hbond substituents is 1. The second kappa shape index (κ2) is 9.71. The number of rotatable bonds is 6. The summed E-state index contributed by atoms with van der Waals surface area (Å²) in [5.41, 5.74) is 0.805. The Morgan fingerprint density at radius 2 is 1.72 bits per heavy atom. The van der Waals surface area contributed by atoms with Crippen molar-refractivity contribution in [1.82, 2.24) is 0 Å². The third-order valence-corrected chi connectivity index (χ3v) is 5.77. The van der Waals surface area contributed by atoms with Crippen LogP contribution in [0.1, 0.15) is 22.7 Å². The van der Waals surface area contributed by atoms with Gasteiger partial charge < -0.3 is 14.9 Å². The molecule has 0 spiro atoms. The van der Waals surface area contributed by atoms with Gasteiger partial charge in [0, 0.05) is 23.4 Å². The lowest BCUT2D eigenvalue weighted by atomic mass is 9.95. The molecule has 0 saturated carbocycles. The number of nitro groups is 1. The zero-order valence-corrected chi connectivity index (χ0v) is 19.0. The largest absolute Gasteiger partial charge is 0.508 e. The van der Waals surface area contributed by atoms with Gasteiger partial charge in [-0.05, 0) is 35.4 Å². The Balaban J connectivity index is 1.86. The third kappa shape index (κ3) is 4.51. The molecule has 1 fully saturated rings. The Morgan fingerprint density at radius 3 is 2.33 bits per heavy atom. The molecule has 1 unspecified atom stereocenters. The van der Waals surface area contributed by atoms with Crippen LogP contribution < -0.4 is 4.90 Å². The fourth-order valence-corrected chi connectivity index (χ4v) is 4.01. The number of phenols is 1. The number of hydrogen-bond donors (Lipinski definition) is 2. The number of anilines is 1. The highest BCUT2D eigenvalue weighted by Gasteiger charge is 2.47. The molecule has 10 heteroatoms. The number of ketones is 1. The molecule has 1 atom stereocenters. The number of esters is 1. The summed E-state index contributed by atoms with van der Waals surface area (Å²) in [7, 11) is 1.27. The van der Waals surface area contributed by atoms with Gasteiger partial charge >= 0.3 is 5.97 Å². The van der Waals surface area contributed by atoms with E-state index in [4.69, 9.17) is 0 Å². The van der Waals surface area contributed by atoms with Crippen molar-refractivity contribution in [3.05, 3.63) is 105 Å². The first-order valence-electron chi connectivity index (χ1n) is 10.7. The minimum Gasteiger partial charge on any atom is -0.508 e. The fourth-order valence-electron chi connectivity index (χ4n) is 4.01. The first-order chi connectivity index (χ1) is 17.2. The molecule has 0 bridgehead atoms. The van der Waals surface area contributed by atoms with Gasteiger partial charge in [-0.2, -0.15) is 0 Å². The van der Waals surface area contributed by atoms with Crippen LogP contribution >= 0.6 is 0 Å². The summed E-state index contributed by atoms with van der Waals surface area (Å²) in [5.74, 6) is -2.94. The van der Waals surface area contributed by atoms with E-state index >= 15 is 0 Å². The number of ether oxygens (including phenoxy) is 1. The number of Topliss-reactive ketones (excluding diaryl/α,β-unsaturated/α-hetero) is 1. The van der Waals surface area contributed by atoms with Gasteiger partial charge in [0.25, 0.3) is 17.4 Å². The lowest BCUT2D eigenvalue weighted by Gasteiger charge is -2.25. The Hall–Kier alpha value is -4.99. The van der Waals surface area contributed by atoms with Gasteiger partial charge in [0.15, 0.2) is 0 Å². The van der Waals surface area contributed by atoms with Gasteiger partial charge in [0.2, 0.25) is 0 Å². The van der Waals surface area contributed by atoms with E-state index in [1.54, 1.807) is 24.3 Å². The van der Waals surface area contributed by atoms with Crippen molar-refractivity contribution in [2.24, 2.45) is 0 Å². The van der Waals surface area contributed by atoms with Crippen LogP contribution in [-0.2, 0) is 25.5 Å². The predicted molar refractivity (Wildman–Crippen MR) is 128 cm³/mol. The monoisotopic (exact) mass is 488 g/mol. The highest BCUT2D eigenvalue weighted by molar-refractivity contribution is 6.51. The Morgan fingerprint density at radius 1 is 1.06 bits per heavy atom. The summed E-state index contributed by atoms with van der Waals surface area (Å²) in [5, 5.41) is 32.0. The molecule has 36 heavy (non-hydrogen) atoms. The highest BCUT2D eigenvalue weighted by atomic mass is 16.6. The molecule has 0 radical (unpaired) electrons. The number of carbonyl (C=O) groups excluding carboxylic acids is 3. The Kier molecular flexibility index (Phi) is 6.51. The van der Waals surface area contributed by atoms with Crippen molar-refractivity contribution in [2.45, 2.75) is 12.5 Å². The molecule has 3 aromatic carbocycles. The lowest BCUT2D eigenvalue weighted by molar-refractivity contribution is -0.384. The molecule has 0 aromatic heterocycles. The van der Waals surface area contributed by atoms with Crippen molar-refractivity contribution < 1.29 is 34.3 Å². The number of nitro benzene ring substituents is 1. The van der Waals surface area contributed by atoms with E-state index in [-0.39, 0.29) is 29.0 Å². The Labute approximate surface area is 204 Å². The molecule has 182 valence electrons. The normalized spacial score (nSPS) is 16.7. The maximum Gasteiger partial charge on any atom is 0.309 e. The fraction of sp³-hybridized carbons (Fsp3) is 0.115. The predicted octanol–water partition coefficient (Wildman–Crippen LogP) is 3.64. The number of aliphatic hydroxyl groups excluding tert-OH is 1. The van der Waals surface area contributed by atoms with Gasteiger partial charge in [-0.3, -0.25) is 29.4 Å². The van der Waals surface area contributed by atoms with Crippen LogP contribution in [0.15, 0.2) is 78.4 Å². The van der Waals surface area contributed by atoms with Crippen LogP contribution in [-0.4, -0.2) is 39.9 Å². The minimum atomic E-state index is -1.09. The van der Waals surface area contributed by atoms with Crippen LogP contribution in [0.4, 0.5) is 11.4 Å². The molecule has 1 amide bonds. The number of amides is 1. The third-order valence-electron chi connectivity index (χ3n) is 5.77. The number of aromatic hydroxyl groups is 1. The van der Waals surface area contributed by atoms with Crippen LogP contribution in [0.3, 0.4) is 0 Å². The molecule has 10 nitrogen and oxygen atoms in total. The van der Waals surface area contributed by atoms with E-state index in [0.29, 0.717) is 16.8 Å². The summed E-state index contributed by atoms with van der Waals surface area (Å²) in [6, 6.07) is 16.1. The number of benzene rings is 3. The molecule has 1 aliphatic heterocycles. The van der Waals surface area contributed by atoms with Crippen LogP contribution in [0.2, 0.25) is 0 Å². The zero-order valence-electron chi connectivity index (χ0n) is 19.0. The minimum absolute atomic E-state index is 0.000552. The van der Waals surface area contributed by atoms with Crippen molar-refractivity contribution in [2.75, 3.05) is 12.0 Å². The second-order valence-electron chi connectivity index (χ2n) is 7.99. The van der Waals surface area contributed by atoms with Gasteiger partial charge in [-0.25, -0.2) is 0 Å². The molecule has 4 rings (SSSR count). The first kappa shape index (κ1) is 24.1. The first-order valence-corrected chi connectivity index (χ1v) is 10.7. The van der Waals surface area contributed by atoms with Crippen molar-refractivity contribution in [3.63, 3.8) is 0 Å². The summed E-state index contributed by atoms with van der Waals surface area (Å²) >= 11 is 0. The Bertz CT molecular complexity index is 1390. The zero-order chi connectivity index (χ0) is 26.0. The SMILES string of the molecule is COC(=O)Cc1ccc(N2C(=O)C(=O)/C(=C(\O)c3cccc([N+](=O)[O-])c3)C2c2ccc(O)cc2)cc1. The number of nitrogens with zero attached hydrogens (tertiary/aromatic N) is 2. The summed E-state index contributed by atoms with van der Waals surface area (Å²) in [4.78, 5) is 49.7. The second-order valence-corrected chi connectivity index (χ2v) is 7.99. The van der Waals surface area contributed by atoms with Gasteiger partial charge in [0.05, 0.1) is 30.1 Å². The number of aliphatic hydroxyl groups is 1. The molecular formula is C26H20N2O8. The smallest absolute Gasteiger partial charge is 0.309 e. The van der Waals surface area contributed by atoms with E-state index < -0.39 is 34.4 Å². The number of hydrogen-bond acceptors (Lipinski definition) is 8. The summed E-state index contributed by atoms with van der Waals surface area (Å²) in [6.45, 7) is 0. The number of methoxy groups -OCH3 is 1. The van der Waals surface area contributed by atoms with Crippen molar-refractivity contribution in [1.29, 1.82) is 0 Å². The van der Waals surface area contributed by atoms with Crippen LogP contribution in [0.5, 0.6) is 5.75 Å². The van der Waals surface area contributed by atoms with Gasteiger partial charge in [-0.1, -0.05) is 36.4 Å². The summed E-state index contributed by atoms with van der Waals surface area (Å²) < 4.78 is 4.66. The molecule has 3 aromatic rings. The van der Waals surface area contributed by atoms with E-state index in [2.05, 4.69) is 4.74 Å². The molecule has 1 heterocycles. The average Bonchev–Trinajstić information content (AvgIpc) is 3.14. The van der Waals surface area contributed by atoms with E-state index in [1.165, 1.54) is 54.5 Å². The van der Waals surface area contributed by atoms with Crippen LogP contribution in [0, 0.1) is 10.1 Å². The van der Waals surface area contributed by atoms with Gasteiger partial charge in [-0.15, -0.1) is 0 Å². The quantitative estimate of drug-likeness (QED) is 0.133.